The summed E-state index contributed by atoms with van der Waals surface area (Å²) in [5.74, 6) is 0.922. The number of carbonyl (C=O) groups is 1. The maximum Gasteiger partial charge on any atom is 0.261 e. The second-order valence-electron chi connectivity index (χ2n) is 4.60. The summed E-state index contributed by atoms with van der Waals surface area (Å²) < 4.78 is 11.3. The minimum atomic E-state index is -0.496. The van der Waals surface area contributed by atoms with Crippen LogP contribution >= 0.6 is 0 Å². The van der Waals surface area contributed by atoms with Crippen LogP contribution in [-0.4, -0.2) is 25.2 Å². The average Bonchev–Trinajstić information content (AvgIpc) is 2.66. The Morgan fingerprint density at radius 1 is 1.40 bits per heavy atom. The summed E-state index contributed by atoms with van der Waals surface area (Å²) in [7, 11) is 0. The van der Waals surface area contributed by atoms with Crippen molar-refractivity contribution in [3.05, 3.63) is 23.8 Å². The van der Waals surface area contributed by atoms with Crippen LogP contribution in [0, 0.1) is 11.3 Å². The van der Waals surface area contributed by atoms with Gasteiger partial charge in [-0.15, -0.1) is 0 Å². The van der Waals surface area contributed by atoms with E-state index in [4.69, 9.17) is 14.7 Å². The van der Waals surface area contributed by atoms with E-state index in [-0.39, 0.29) is 5.91 Å². The highest BCUT2D eigenvalue weighted by Crippen LogP contribution is 2.30. The first-order valence-electron chi connectivity index (χ1n) is 6.86. The van der Waals surface area contributed by atoms with Crippen LogP contribution in [0.5, 0.6) is 11.5 Å². The number of carbonyl (C=O) groups excluding carboxylic acids is 1. The van der Waals surface area contributed by atoms with Gasteiger partial charge >= 0.3 is 0 Å². The molecule has 1 unspecified atom stereocenters. The van der Waals surface area contributed by atoms with E-state index >= 15 is 0 Å². The topological polar surface area (TPSA) is 71.3 Å². The smallest absolute Gasteiger partial charge is 0.261 e. The van der Waals surface area contributed by atoms with Crippen molar-refractivity contribution in [1.29, 1.82) is 5.26 Å². The van der Waals surface area contributed by atoms with Gasteiger partial charge in [0, 0.05) is 12.6 Å². The van der Waals surface area contributed by atoms with Crippen LogP contribution in [0.3, 0.4) is 0 Å². The molecule has 0 aliphatic carbocycles. The molecule has 5 heteroatoms. The van der Waals surface area contributed by atoms with Gasteiger partial charge in [-0.2, -0.15) is 5.26 Å². The minimum absolute atomic E-state index is 0.0886. The molecule has 1 aliphatic heterocycles. The summed E-state index contributed by atoms with van der Waals surface area (Å²) in [5.41, 5.74) is 0.506. The van der Waals surface area contributed by atoms with Crippen LogP contribution in [0.25, 0.3) is 0 Å². The summed E-state index contributed by atoms with van der Waals surface area (Å²) in [4.78, 5) is 11.9. The molecule has 1 N–H and O–H groups in total. The van der Waals surface area contributed by atoms with Crippen LogP contribution in [0.2, 0.25) is 0 Å². The summed E-state index contributed by atoms with van der Waals surface area (Å²) >= 11 is 0. The molecule has 0 aromatic heterocycles. The Balaban J connectivity index is 2.18. The third-order valence-electron chi connectivity index (χ3n) is 3.13. The Morgan fingerprint density at radius 2 is 2.25 bits per heavy atom. The van der Waals surface area contributed by atoms with Gasteiger partial charge in [0.1, 0.15) is 0 Å². The molecule has 1 aromatic carbocycles. The number of hydrogen-bond acceptors (Lipinski definition) is 4. The largest absolute Gasteiger partial charge is 0.490 e. The minimum Gasteiger partial charge on any atom is -0.490 e. The number of amides is 1. The highest BCUT2D eigenvalue weighted by molar-refractivity contribution is 5.81. The fourth-order valence-electron chi connectivity index (χ4n) is 2.12. The molecule has 2 rings (SSSR count). The highest BCUT2D eigenvalue weighted by atomic mass is 16.5. The molecule has 0 saturated carbocycles. The molecular formula is C15H18N2O3. The highest BCUT2D eigenvalue weighted by Gasteiger charge is 2.23. The first-order valence-corrected chi connectivity index (χ1v) is 6.86. The van der Waals surface area contributed by atoms with Crippen molar-refractivity contribution >= 4 is 5.91 Å². The van der Waals surface area contributed by atoms with E-state index < -0.39 is 6.10 Å². The molecule has 1 amide bonds. The van der Waals surface area contributed by atoms with Gasteiger partial charge in [-0.1, -0.05) is 0 Å². The van der Waals surface area contributed by atoms with E-state index in [0.717, 1.165) is 12.8 Å². The van der Waals surface area contributed by atoms with Gasteiger partial charge in [-0.05, 0) is 38.3 Å². The predicted octanol–water partition coefficient (Wildman–Crippen LogP) is 2.00. The molecule has 1 aromatic rings. The summed E-state index contributed by atoms with van der Waals surface area (Å²) in [6.45, 7) is 3.04. The quantitative estimate of drug-likeness (QED) is 0.911. The van der Waals surface area contributed by atoms with Crippen molar-refractivity contribution < 1.29 is 14.3 Å². The summed E-state index contributed by atoms with van der Waals surface area (Å²) in [5, 5.41) is 11.7. The van der Waals surface area contributed by atoms with Crippen molar-refractivity contribution in [3.63, 3.8) is 0 Å². The first kappa shape index (κ1) is 14.2. The lowest BCUT2D eigenvalue weighted by molar-refractivity contribution is -0.127. The van der Waals surface area contributed by atoms with E-state index in [1.165, 1.54) is 0 Å². The Hall–Kier alpha value is -2.22. The van der Waals surface area contributed by atoms with Crippen LogP contribution < -0.4 is 14.8 Å². The molecular weight excluding hydrogens is 256 g/mol. The monoisotopic (exact) mass is 274 g/mol. The molecule has 1 aliphatic rings. The number of nitrogens with one attached hydrogen (secondary N) is 1. The zero-order chi connectivity index (χ0) is 14.4. The van der Waals surface area contributed by atoms with Gasteiger partial charge in [0.2, 0.25) is 0 Å². The Morgan fingerprint density at radius 3 is 3.00 bits per heavy atom. The third kappa shape index (κ3) is 3.41. The number of rotatable bonds is 4. The lowest BCUT2D eigenvalue weighted by atomic mass is 10.1. The van der Waals surface area contributed by atoms with E-state index in [0.29, 0.717) is 36.6 Å². The van der Waals surface area contributed by atoms with E-state index in [1.54, 1.807) is 18.2 Å². The van der Waals surface area contributed by atoms with Crippen LogP contribution in [-0.2, 0) is 4.79 Å². The Kier molecular flexibility index (Phi) is 4.83. The van der Waals surface area contributed by atoms with Crippen LogP contribution in [0.15, 0.2) is 18.2 Å². The maximum absolute atomic E-state index is 11.9. The lowest BCUT2D eigenvalue weighted by Gasteiger charge is -2.18. The maximum atomic E-state index is 11.9. The van der Waals surface area contributed by atoms with Crippen LogP contribution in [0.4, 0.5) is 0 Å². The number of benzene rings is 1. The van der Waals surface area contributed by atoms with Crippen molar-refractivity contribution in [2.24, 2.45) is 0 Å². The van der Waals surface area contributed by atoms with Crippen molar-refractivity contribution in [3.8, 4) is 17.6 Å². The number of nitriles is 1. The lowest BCUT2D eigenvalue weighted by Crippen LogP contribution is -2.36. The van der Waals surface area contributed by atoms with Gasteiger partial charge in [-0.3, -0.25) is 4.79 Å². The first-order chi connectivity index (χ1) is 9.74. The van der Waals surface area contributed by atoms with Gasteiger partial charge in [0.05, 0.1) is 18.2 Å². The normalized spacial score (nSPS) is 18.6. The molecule has 20 heavy (non-hydrogen) atoms. The number of nitrogens with zero attached hydrogens (tertiary/aromatic N) is 1. The molecule has 1 atom stereocenters. The Bertz CT molecular complexity index is 522. The second kappa shape index (κ2) is 6.80. The number of hydrogen-bond donors (Lipinski definition) is 1. The van der Waals surface area contributed by atoms with Crippen molar-refractivity contribution in [2.45, 2.75) is 32.3 Å². The third-order valence-corrected chi connectivity index (χ3v) is 3.13. The van der Waals surface area contributed by atoms with Crippen molar-refractivity contribution in [1.82, 2.24) is 5.32 Å². The molecule has 0 bridgehead atoms. The van der Waals surface area contributed by atoms with E-state index in [1.807, 2.05) is 6.92 Å². The molecule has 1 heterocycles. The van der Waals surface area contributed by atoms with Gasteiger partial charge in [0.15, 0.2) is 17.6 Å². The molecule has 1 fully saturated rings. The molecule has 106 valence electrons. The van der Waals surface area contributed by atoms with E-state index in [9.17, 15) is 4.79 Å². The predicted molar refractivity (Wildman–Crippen MR) is 73.6 cm³/mol. The average molecular weight is 274 g/mol. The SMILES string of the molecule is CCOc1cc(C#N)ccc1OC1CCCCNC1=O. The zero-order valence-corrected chi connectivity index (χ0v) is 11.5. The summed E-state index contributed by atoms with van der Waals surface area (Å²) in [6.07, 6.45) is 2.11. The Labute approximate surface area is 118 Å². The van der Waals surface area contributed by atoms with Crippen molar-refractivity contribution in [2.75, 3.05) is 13.2 Å². The van der Waals surface area contributed by atoms with E-state index in [2.05, 4.69) is 11.4 Å². The summed E-state index contributed by atoms with van der Waals surface area (Å²) in [6, 6.07) is 7.03. The molecule has 5 nitrogen and oxygen atoms in total. The second-order valence-corrected chi connectivity index (χ2v) is 4.60. The molecule has 0 radical (unpaired) electrons. The van der Waals surface area contributed by atoms with Crippen LogP contribution in [0.1, 0.15) is 31.7 Å². The zero-order valence-electron chi connectivity index (χ0n) is 11.5. The van der Waals surface area contributed by atoms with Gasteiger partial charge in [-0.25, -0.2) is 0 Å². The number of ether oxygens (including phenoxy) is 2. The van der Waals surface area contributed by atoms with Gasteiger partial charge in [0.25, 0.3) is 5.91 Å². The molecule has 1 saturated heterocycles. The molecule has 0 spiro atoms. The fourth-order valence-corrected chi connectivity index (χ4v) is 2.12. The fraction of sp³-hybridized carbons (Fsp3) is 0.467. The standard InChI is InChI=1S/C15H18N2O3/c1-2-19-14-9-11(10-16)6-7-12(14)20-13-5-3-4-8-17-15(13)18/h6-7,9,13H,2-5,8H2,1H3,(H,17,18). The van der Waals surface area contributed by atoms with Gasteiger partial charge < -0.3 is 14.8 Å².